The summed E-state index contributed by atoms with van der Waals surface area (Å²) in [6.45, 7) is 10.3. The van der Waals surface area contributed by atoms with E-state index in [0.29, 0.717) is 12.4 Å². The summed E-state index contributed by atoms with van der Waals surface area (Å²) in [4.78, 5) is 26.4. The lowest BCUT2D eigenvalue weighted by atomic mass is 10.2. The van der Waals surface area contributed by atoms with E-state index in [0.717, 1.165) is 26.5 Å². The number of benzene rings is 1. The molecule has 0 fully saturated rings. The van der Waals surface area contributed by atoms with Gasteiger partial charge in [-0.2, -0.15) is 5.26 Å². The summed E-state index contributed by atoms with van der Waals surface area (Å²) in [6, 6.07) is 9.97. The van der Waals surface area contributed by atoms with Crippen molar-refractivity contribution in [3.63, 3.8) is 0 Å². The summed E-state index contributed by atoms with van der Waals surface area (Å²) in [5, 5.41) is 10.6. The zero-order valence-electron chi connectivity index (χ0n) is 17.3. The number of hydrogen-bond donors (Lipinski definition) is 0. The normalized spacial score (nSPS) is 12.0. The number of nitriles is 1. The van der Waals surface area contributed by atoms with Gasteiger partial charge < -0.3 is 4.90 Å². The van der Waals surface area contributed by atoms with Gasteiger partial charge in [-0.15, -0.1) is 11.3 Å². The molecule has 0 spiro atoms. The number of amides is 1. The predicted molar refractivity (Wildman–Crippen MR) is 121 cm³/mol. The second-order valence-electron chi connectivity index (χ2n) is 7.03. The van der Waals surface area contributed by atoms with Gasteiger partial charge in [0, 0.05) is 22.5 Å². The quantitative estimate of drug-likeness (QED) is 0.394. The van der Waals surface area contributed by atoms with Crippen molar-refractivity contribution in [1.29, 1.82) is 5.26 Å². The highest BCUT2D eigenvalue weighted by atomic mass is 32.2. The smallest absolute Gasteiger partial charge is 0.240 e. The second kappa shape index (κ2) is 8.93. The molecule has 2 heterocycles. The molecule has 1 aromatic carbocycles. The fraction of sp³-hybridized carbons (Fsp3) is 0.364. The topological polar surface area (TPSA) is 69.9 Å². The van der Waals surface area contributed by atoms with Gasteiger partial charge in [0.25, 0.3) is 0 Å². The molecule has 0 bridgehead atoms. The number of aromatic nitrogens is 2. The minimum Gasteiger partial charge on any atom is -0.310 e. The van der Waals surface area contributed by atoms with E-state index in [1.54, 1.807) is 16.2 Å². The number of nitrogens with zero attached hydrogens (tertiary/aromatic N) is 4. The first kappa shape index (κ1) is 21.3. The van der Waals surface area contributed by atoms with Crippen LogP contribution in [0.5, 0.6) is 0 Å². The molecule has 1 unspecified atom stereocenters. The molecule has 5 nitrogen and oxygen atoms in total. The molecule has 0 aliphatic heterocycles. The Morgan fingerprint density at radius 2 is 1.90 bits per heavy atom. The van der Waals surface area contributed by atoms with Crippen LogP contribution in [0.3, 0.4) is 0 Å². The van der Waals surface area contributed by atoms with Gasteiger partial charge in [-0.25, -0.2) is 9.97 Å². The van der Waals surface area contributed by atoms with E-state index in [1.807, 2.05) is 45.0 Å². The van der Waals surface area contributed by atoms with Crippen LogP contribution in [0.2, 0.25) is 0 Å². The molecule has 0 N–H and O–H groups in total. The molecule has 29 heavy (non-hydrogen) atoms. The molecule has 2 aromatic heterocycles. The van der Waals surface area contributed by atoms with Crippen molar-refractivity contribution in [2.45, 2.75) is 51.3 Å². The van der Waals surface area contributed by atoms with Crippen molar-refractivity contribution in [3.8, 4) is 6.07 Å². The molecule has 3 aromatic rings. The molecule has 1 atom stereocenters. The largest absolute Gasteiger partial charge is 0.310 e. The molecule has 3 rings (SSSR count). The van der Waals surface area contributed by atoms with E-state index in [9.17, 15) is 4.79 Å². The Labute approximate surface area is 179 Å². The monoisotopic (exact) mass is 424 g/mol. The maximum absolute atomic E-state index is 13.3. The predicted octanol–water partition coefficient (Wildman–Crippen LogP) is 5.35. The highest BCUT2D eigenvalue weighted by molar-refractivity contribution is 8.00. The standard InChI is InChI=1S/C22H24N4OS2/c1-13-7-9-18(10-8-13)26(12-6-11-23)22(27)16(4)29-21-19-14(2)15(3)28-20(19)24-17(5)25-21/h7-10,16H,6,12H2,1-5H3. The van der Waals surface area contributed by atoms with E-state index < -0.39 is 0 Å². The number of hydrogen-bond acceptors (Lipinski definition) is 6. The lowest BCUT2D eigenvalue weighted by Gasteiger charge is -2.25. The maximum atomic E-state index is 13.3. The van der Waals surface area contributed by atoms with Crippen LogP contribution < -0.4 is 4.90 Å². The van der Waals surface area contributed by atoms with Crippen LogP contribution in [0.4, 0.5) is 5.69 Å². The molecular formula is C22H24N4OS2. The number of fused-ring (bicyclic) bond motifs is 1. The molecular weight excluding hydrogens is 400 g/mol. The fourth-order valence-electron chi connectivity index (χ4n) is 3.09. The SMILES string of the molecule is Cc1ccc(N(CCC#N)C(=O)C(C)Sc2nc(C)nc3sc(C)c(C)c23)cc1. The molecule has 0 aliphatic rings. The van der Waals surface area contributed by atoms with Crippen LogP contribution in [0.1, 0.15) is 35.2 Å². The van der Waals surface area contributed by atoms with Crippen LogP contribution in [0.15, 0.2) is 29.3 Å². The van der Waals surface area contributed by atoms with Crippen LogP contribution in [0, 0.1) is 39.0 Å². The molecule has 150 valence electrons. The number of anilines is 1. The van der Waals surface area contributed by atoms with Crippen molar-refractivity contribution < 1.29 is 4.79 Å². The number of thiophene rings is 1. The van der Waals surface area contributed by atoms with Gasteiger partial charge in [-0.05, 0) is 52.3 Å². The Bertz CT molecular complexity index is 1080. The maximum Gasteiger partial charge on any atom is 0.240 e. The van der Waals surface area contributed by atoms with Gasteiger partial charge in [0.15, 0.2) is 0 Å². The minimum absolute atomic E-state index is 0.0249. The fourth-order valence-corrected chi connectivity index (χ4v) is 5.34. The number of aryl methyl sites for hydroxylation is 4. The number of carbonyl (C=O) groups excluding carboxylic acids is 1. The number of thioether (sulfide) groups is 1. The van der Waals surface area contributed by atoms with Crippen LogP contribution >= 0.6 is 23.1 Å². The van der Waals surface area contributed by atoms with Crippen molar-refractivity contribution in [2.24, 2.45) is 0 Å². The average molecular weight is 425 g/mol. The summed E-state index contributed by atoms with van der Waals surface area (Å²) < 4.78 is 0. The third-order valence-electron chi connectivity index (χ3n) is 4.80. The highest BCUT2D eigenvalue weighted by Crippen LogP contribution is 2.37. The Balaban J connectivity index is 1.91. The van der Waals surface area contributed by atoms with Gasteiger partial charge in [-0.3, -0.25) is 4.79 Å². The zero-order valence-corrected chi connectivity index (χ0v) is 18.9. The van der Waals surface area contributed by atoms with Crippen LogP contribution in [-0.2, 0) is 4.79 Å². The molecule has 0 saturated heterocycles. The minimum atomic E-state index is -0.341. The summed E-state index contributed by atoms with van der Waals surface area (Å²) in [7, 11) is 0. The summed E-state index contributed by atoms with van der Waals surface area (Å²) in [6.07, 6.45) is 0.288. The van der Waals surface area contributed by atoms with Crippen molar-refractivity contribution in [2.75, 3.05) is 11.4 Å². The Hall–Kier alpha value is -2.43. The van der Waals surface area contributed by atoms with E-state index >= 15 is 0 Å². The first-order valence-electron chi connectivity index (χ1n) is 9.47. The Kier molecular flexibility index (Phi) is 6.56. The van der Waals surface area contributed by atoms with Crippen molar-refractivity contribution in [3.05, 3.63) is 46.1 Å². The Morgan fingerprint density at radius 3 is 2.55 bits per heavy atom. The van der Waals surface area contributed by atoms with Gasteiger partial charge in [0.1, 0.15) is 15.7 Å². The van der Waals surface area contributed by atoms with E-state index in [1.165, 1.54) is 22.2 Å². The van der Waals surface area contributed by atoms with Gasteiger partial charge in [0.2, 0.25) is 5.91 Å². The van der Waals surface area contributed by atoms with E-state index in [-0.39, 0.29) is 17.6 Å². The third kappa shape index (κ3) is 4.60. The summed E-state index contributed by atoms with van der Waals surface area (Å²) >= 11 is 3.13. The molecule has 0 saturated carbocycles. The third-order valence-corrected chi connectivity index (χ3v) is 6.98. The molecule has 7 heteroatoms. The second-order valence-corrected chi connectivity index (χ2v) is 9.57. The molecule has 0 aliphatic carbocycles. The molecule has 0 radical (unpaired) electrons. The molecule has 1 amide bonds. The first-order chi connectivity index (χ1) is 13.8. The lowest BCUT2D eigenvalue weighted by molar-refractivity contribution is -0.117. The van der Waals surface area contributed by atoms with E-state index in [4.69, 9.17) is 5.26 Å². The summed E-state index contributed by atoms with van der Waals surface area (Å²) in [5.74, 6) is 0.684. The average Bonchev–Trinajstić information content (AvgIpc) is 2.96. The van der Waals surface area contributed by atoms with Gasteiger partial charge >= 0.3 is 0 Å². The Morgan fingerprint density at radius 1 is 1.21 bits per heavy atom. The van der Waals surface area contributed by atoms with Gasteiger partial charge in [-0.1, -0.05) is 29.5 Å². The lowest BCUT2D eigenvalue weighted by Crippen LogP contribution is -2.37. The van der Waals surface area contributed by atoms with Crippen molar-refractivity contribution >= 4 is 44.9 Å². The van der Waals surface area contributed by atoms with Crippen LogP contribution in [-0.4, -0.2) is 27.7 Å². The zero-order chi connectivity index (χ0) is 21.1. The number of carbonyl (C=O) groups is 1. The first-order valence-corrected chi connectivity index (χ1v) is 11.2. The van der Waals surface area contributed by atoms with E-state index in [2.05, 4.69) is 29.9 Å². The highest BCUT2D eigenvalue weighted by Gasteiger charge is 2.25. The number of rotatable bonds is 6. The van der Waals surface area contributed by atoms with Crippen LogP contribution in [0.25, 0.3) is 10.2 Å². The van der Waals surface area contributed by atoms with Gasteiger partial charge in [0.05, 0.1) is 17.7 Å². The van der Waals surface area contributed by atoms with Crippen molar-refractivity contribution in [1.82, 2.24) is 9.97 Å². The summed E-state index contributed by atoms with van der Waals surface area (Å²) in [5.41, 5.74) is 3.12.